The summed E-state index contributed by atoms with van der Waals surface area (Å²) in [6, 6.07) is 0. The van der Waals surface area contributed by atoms with Crippen molar-refractivity contribution in [1.82, 2.24) is 0 Å². The molecule has 0 aromatic heterocycles. The van der Waals surface area contributed by atoms with Crippen LogP contribution in [0.5, 0.6) is 0 Å². The lowest BCUT2D eigenvalue weighted by Gasteiger charge is -2.25. The molecule has 0 spiro atoms. The molecule has 0 aromatic rings. The van der Waals surface area contributed by atoms with Gasteiger partial charge in [-0.05, 0) is 33.1 Å². The lowest BCUT2D eigenvalue weighted by Crippen LogP contribution is -2.31. The van der Waals surface area contributed by atoms with Crippen LogP contribution in [0.2, 0.25) is 0 Å². The Labute approximate surface area is 176 Å². The highest BCUT2D eigenvalue weighted by atomic mass is 16.5. The van der Waals surface area contributed by atoms with Gasteiger partial charge in [-0.25, -0.2) is 0 Å². The first-order valence-electron chi connectivity index (χ1n) is 12.3. The standard InChI is InChI=1S/C25H50O3/c1-5-7-9-11-13-14-15-16-18-20-23(26)22-25(3,4)24(27)28-21-19-17-12-10-8-6-2/h23,26H,5-22H2,1-4H3. The van der Waals surface area contributed by atoms with Gasteiger partial charge >= 0.3 is 5.97 Å². The molecule has 3 nitrogen and oxygen atoms in total. The quantitative estimate of drug-likeness (QED) is 0.170. The topological polar surface area (TPSA) is 46.5 Å². The number of carbonyl (C=O) groups is 1. The average molecular weight is 399 g/mol. The van der Waals surface area contributed by atoms with E-state index >= 15 is 0 Å². The smallest absolute Gasteiger partial charge is 0.311 e. The maximum Gasteiger partial charge on any atom is 0.311 e. The fourth-order valence-corrected chi connectivity index (χ4v) is 3.71. The first-order valence-corrected chi connectivity index (χ1v) is 12.3. The third-order valence-electron chi connectivity index (χ3n) is 5.67. The number of esters is 1. The molecular weight excluding hydrogens is 348 g/mol. The maximum absolute atomic E-state index is 12.3. The van der Waals surface area contributed by atoms with Crippen LogP contribution in [0.1, 0.15) is 137 Å². The summed E-state index contributed by atoms with van der Waals surface area (Å²) >= 11 is 0. The molecule has 0 radical (unpaired) electrons. The largest absolute Gasteiger partial charge is 0.465 e. The Kier molecular flexibility index (Phi) is 18.1. The molecule has 0 aliphatic rings. The van der Waals surface area contributed by atoms with Crippen LogP contribution in [-0.2, 0) is 9.53 Å². The second-order valence-electron chi connectivity index (χ2n) is 9.26. The maximum atomic E-state index is 12.3. The average Bonchev–Trinajstić information content (AvgIpc) is 2.65. The monoisotopic (exact) mass is 398 g/mol. The van der Waals surface area contributed by atoms with Crippen molar-refractivity contribution in [3.05, 3.63) is 0 Å². The van der Waals surface area contributed by atoms with E-state index in [1.54, 1.807) is 0 Å². The number of hydrogen-bond acceptors (Lipinski definition) is 3. The van der Waals surface area contributed by atoms with Crippen LogP contribution < -0.4 is 0 Å². The lowest BCUT2D eigenvalue weighted by molar-refractivity contribution is -0.156. The van der Waals surface area contributed by atoms with E-state index in [1.165, 1.54) is 77.0 Å². The minimum absolute atomic E-state index is 0.160. The molecule has 0 fully saturated rings. The zero-order valence-electron chi connectivity index (χ0n) is 19.6. The summed E-state index contributed by atoms with van der Waals surface area (Å²) in [6.45, 7) is 8.78. The number of carbonyl (C=O) groups excluding carboxylic acids is 1. The lowest BCUT2D eigenvalue weighted by atomic mass is 9.85. The Balaban J connectivity index is 3.71. The van der Waals surface area contributed by atoms with E-state index in [2.05, 4.69) is 13.8 Å². The zero-order chi connectivity index (χ0) is 21.1. The molecule has 1 unspecified atom stereocenters. The first-order chi connectivity index (χ1) is 13.4. The minimum atomic E-state index is -0.596. The SMILES string of the molecule is CCCCCCCCCCCC(O)CC(C)(C)C(=O)OCCCCCCCC. The molecule has 0 bridgehead atoms. The second-order valence-corrected chi connectivity index (χ2v) is 9.26. The highest BCUT2D eigenvalue weighted by molar-refractivity contribution is 5.75. The van der Waals surface area contributed by atoms with Crippen LogP contribution in [0.15, 0.2) is 0 Å². The van der Waals surface area contributed by atoms with Crippen molar-refractivity contribution in [3.8, 4) is 0 Å². The van der Waals surface area contributed by atoms with E-state index in [0.717, 1.165) is 25.7 Å². The molecule has 0 aliphatic heterocycles. The summed E-state index contributed by atoms with van der Waals surface area (Å²) in [4.78, 5) is 12.3. The highest BCUT2D eigenvalue weighted by Crippen LogP contribution is 2.26. The van der Waals surface area contributed by atoms with E-state index in [9.17, 15) is 9.90 Å². The summed E-state index contributed by atoms with van der Waals surface area (Å²) in [6.07, 6.45) is 19.6. The minimum Gasteiger partial charge on any atom is -0.465 e. The third-order valence-corrected chi connectivity index (χ3v) is 5.67. The van der Waals surface area contributed by atoms with E-state index in [4.69, 9.17) is 4.74 Å². The number of aliphatic hydroxyl groups excluding tert-OH is 1. The fraction of sp³-hybridized carbons (Fsp3) is 0.960. The number of rotatable bonds is 20. The van der Waals surface area contributed by atoms with Gasteiger partial charge in [0, 0.05) is 0 Å². The fourth-order valence-electron chi connectivity index (χ4n) is 3.71. The van der Waals surface area contributed by atoms with Gasteiger partial charge in [0.05, 0.1) is 18.1 Å². The van der Waals surface area contributed by atoms with Crippen molar-refractivity contribution in [1.29, 1.82) is 0 Å². The highest BCUT2D eigenvalue weighted by Gasteiger charge is 2.31. The van der Waals surface area contributed by atoms with Crippen molar-refractivity contribution >= 4 is 5.97 Å². The molecule has 0 aromatic carbocycles. The molecule has 0 rings (SSSR count). The molecule has 1 N–H and O–H groups in total. The Morgan fingerprint density at radius 1 is 0.750 bits per heavy atom. The number of ether oxygens (including phenoxy) is 1. The Morgan fingerprint density at radius 3 is 1.68 bits per heavy atom. The van der Waals surface area contributed by atoms with Gasteiger partial charge in [0.25, 0.3) is 0 Å². The normalized spacial score (nSPS) is 12.9. The van der Waals surface area contributed by atoms with Crippen LogP contribution in [0, 0.1) is 5.41 Å². The van der Waals surface area contributed by atoms with E-state index in [-0.39, 0.29) is 5.97 Å². The summed E-state index contributed by atoms with van der Waals surface area (Å²) < 4.78 is 5.46. The van der Waals surface area contributed by atoms with E-state index < -0.39 is 11.5 Å². The summed E-state index contributed by atoms with van der Waals surface area (Å²) in [5, 5.41) is 10.3. The van der Waals surface area contributed by atoms with Crippen molar-refractivity contribution in [2.45, 2.75) is 143 Å². The Bertz CT molecular complexity index is 352. The van der Waals surface area contributed by atoms with Gasteiger partial charge in [-0.2, -0.15) is 0 Å². The van der Waals surface area contributed by atoms with Crippen molar-refractivity contribution in [2.75, 3.05) is 6.61 Å². The predicted molar refractivity (Wildman–Crippen MR) is 121 cm³/mol. The summed E-state index contributed by atoms with van der Waals surface area (Å²) in [5.74, 6) is -0.160. The van der Waals surface area contributed by atoms with Gasteiger partial charge in [-0.1, -0.05) is 104 Å². The Hall–Kier alpha value is -0.570. The van der Waals surface area contributed by atoms with E-state index in [0.29, 0.717) is 13.0 Å². The summed E-state index contributed by atoms with van der Waals surface area (Å²) in [5.41, 5.74) is -0.596. The summed E-state index contributed by atoms with van der Waals surface area (Å²) in [7, 11) is 0. The van der Waals surface area contributed by atoms with Crippen molar-refractivity contribution in [2.24, 2.45) is 5.41 Å². The molecule has 0 saturated heterocycles. The van der Waals surface area contributed by atoms with Crippen molar-refractivity contribution < 1.29 is 14.6 Å². The van der Waals surface area contributed by atoms with Crippen LogP contribution in [0.4, 0.5) is 0 Å². The Morgan fingerprint density at radius 2 is 1.18 bits per heavy atom. The van der Waals surface area contributed by atoms with Gasteiger partial charge in [-0.15, -0.1) is 0 Å². The van der Waals surface area contributed by atoms with Gasteiger partial charge < -0.3 is 9.84 Å². The van der Waals surface area contributed by atoms with Crippen molar-refractivity contribution in [3.63, 3.8) is 0 Å². The number of unbranched alkanes of at least 4 members (excludes halogenated alkanes) is 13. The first kappa shape index (κ1) is 27.4. The predicted octanol–water partition coefficient (Wildman–Crippen LogP) is 7.59. The number of hydrogen-bond donors (Lipinski definition) is 1. The van der Waals surface area contributed by atoms with Crippen LogP contribution >= 0.6 is 0 Å². The van der Waals surface area contributed by atoms with Gasteiger partial charge in [-0.3, -0.25) is 4.79 Å². The molecule has 168 valence electrons. The molecule has 3 heteroatoms. The van der Waals surface area contributed by atoms with Gasteiger partial charge in [0.15, 0.2) is 0 Å². The molecule has 0 amide bonds. The second kappa shape index (κ2) is 18.5. The molecule has 28 heavy (non-hydrogen) atoms. The molecule has 1 atom stereocenters. The molecule has 0 aliphatic carbocycles. The third kappa shape index (κ3) is 16.4. The molecular formula is C25H50O3. The van der Waals surface area contributed by atoms with Crippen LogP contribution in [0.25, 0.3) is 0 Å². The van der Waals surface area contributed by atoms with Crippen LogP contribution in [0.3, 0.4) is 0 Å². The number of aliphatic hydroxyl groups is 1. The zero-order valence-corrected chi connectivity index (χ0v) is 19.6. The van der Waals surface area contributed by atoms with Gasteiger partial charge in [0.2, 0.25) is 0 Å². The van der Waals surface area contributed by atoms with Crippen LogP contribution in [-0.4, -0.2) is 23.8 Å². The van der Waals surface area contributed by atoms with Gasteiger partial charge in [0.1, 0.15) is 0 Å². The molecule has 0 saturated carbocycles. The van der Waals surface area contributed by atoms with E-state index in [1.807, 2.05) is 13.8 Å². The molecule has 0 heterocycles.